The second-order valence-corrected chi connectivity index (χ2v) is 12.2. The molecule has 8 heteroatoms. The molecular formula is C31H34FN5O2. The van der Waals surface area contributed by atoms with Gasteiger partial charge < -0.3 is 11.1 Å². The number of aromatic nitrogens is 3. The third-order valence-corrected chi connectivity index (χ3v) is 7.41. The number of ketones is 1. The number of hydrogen-bond acceptors (Lipinski definition) is 5. The second-order valence-electron chi connectivity index (χ2n) is 12.2. The first-order valence-corrected chi connectivity index (χ1v) is 13.2. The van der Waals surface area contributed by atoms with E-state index in [-0.39, 0.29) is 40.7 Å². The molecule has 1 unspecified atom stereocenters. The van der Waals surface area contributed by atoms with Gasteiger partial charge in [-0.25, -0.2) is 4.39 Å². The topological polar surface area (TPSA) is 114 Å². The number of nitrogens with zero attached hydrogens (tertiary/aromatic N) is 2. The van der Waals surface area contributed by atoms with Gasteiger partial charge in [0, 0.05) is 53.0 Å². The van der Waals surface area contributed by atoms with E-state index in [1.54, 1.807) is 12.3 Å². The molecule has 1 aliphatic heterocycles. The van der Waals surface area contributed by atoms with Gasteiger partial charge in [-0.2, -0.15) is 5.10 Å². The number of carbonyl (C=O) groups is 2. The van der Waals surface area contributed by atoms with E-state index < -0.39 is 0 Å². The van der Waals surface area contributed by atoms with Crippen LogP contribution < -0.4 is 11.1 Å². The fourth-order valence-corrected chi connectivity index (χ4v) is 5.79. The van der Waals surface area contributed by atoms with Gasteiger partial charge in [0.05, 0.1) is 5.69 Å². The number of benzene rings is 1. The minimum atomic E-state index is -0.387. The van der Waals surface area contributed by atoms with Crippen molar-refractivity contribution in [2.75, 3.05) is 5.32 Å². The summed E-state index contributed by atoms with van der Waals surface area (Å²) in [5.74, 6) is -0.147. The van der Waals surface area contributed by atoms with Gasteiger partial charge in [0.15, 0.2) is 11.6 Å². The van der Waals surface area contributed by atoms with Gasteiger partial charge in [-0.1, -0.05) is 52.0 Å². The van der Waals surface area contributed by atoms with Crippen molar-refractivity contribution in [3.63, 3.8) is 0 Å². The molecule has 3 aromatic rings. The minimum Gasteiger partial charge on any atom is -0.370 e. The van der Waals surface area contributed by atoms with Crippen molar-refractivity contribution in [1.82, 2.24) is 15.2 Å². The van der Waals surface area contributed by atoms with Crippen LogP contribution in [-0.2, 0) is 16.0 Å². The second kappa shape index (κ2) is 9.91. The Kier molecular flexibility index (Phi) is 6.74. The Morgan fingerprint density at radius 3 is 2.69 bits per heavy atom. The van der Waals surface area contributed by atoms with Crippen LogP contribution >= 0.6 is 0 Å². The van der Waals surface area contributed by atoms with Crippen molar-refractivity contribution in [1.29, 1.82) is 0 Å². The Morgan fingerprint density at radius 2 is 2.00 bits per heavy atom. The molecule has 0 spiro atoms. The number of anilines is 1. The fraction of sp³-hybridized carbons (Fsp3) is 0.355. The zero-order valence-corrected chi connectivity index (χ0v) is 22.8. The number of Topliss-reactive ketones (excluding diaryl/α,β-unsaturated/α-hetero) is 1. The summed E-state index contributed by atoms with van der Waals surface area (Å²) in [6.07, 6.45) is 7.64. The van der Waals surface area contributed by atoms with E-state index in [9.17, 15) is 14.0 Å². The van der Waals surface area contributed by atoms with Crippen LogP contribution in [0.25, 0.3) is 17.2 Å². The standard InChI is InChI=1S/C31H34FN5O2/c1-30(2)13-23-27(25(38)15-30)22(28-24(36-37-29(28)35-23)14-31(3,4)16-26(33)39)11-10-21-9-8-19(17-34-21)18-6-5-7-20(32)12-18/h5-12,17,22H,13-16H2,1-4H3,(H2,33,39)(H2,35,36,37). The fourth-order valence-electron chi connectivity index (χ4n) is 5.79. The van der Waals surface area contributed by atoms with Gasteiger partial charge in [0.2, 0.25) is 5.91 Å². The molecule has 0 saturated heterocycles. The molecule has 39 heavy (non-hydrogen) atoms. The average Bonchev–Trinajstić information content (AvgIpc) is 3.22. The highest BCUT2D eigenvalue weighted by Gasteiger charge is 2.41. The first-order valence-electron chi connectivity index (χ1n) is 13.2. The van der Waals surface area contributed by atoms with Crippen LogP contribution in [0.1, 0.15) is 69.8 Å². The first kappa shape index (κ1) is 26.5. The summed E-state index contributed by atoms with van der Waals surface area (Å²) in [5, 5.41) is 11.2. The largest absolute Gasteiger partial charge is 0.370 e. The molecule has 1 aromatic carbocycles. The van der Waals surface area contributed by atoms with E-state index in [2.05, 4.69) is 34.3 Å². The molecule has 0 fully saturated rings. The third-order valence-electron chi connectivity index (χ3n) is 7.41. The van der Waals surface area contributed by atoms with Crippen molar-refractivity contribution >= 4 is 23.6 Å². The first-order chi connectivity index (χ1) is 18.4. The summed E-state index contributed by atoms with van der Waals surface area (Å²) in [6.45, 7) is 8.19. The van der Waals surface area contributed by atoms with Crippen molar-refractivity contribution in [2.45, 2.75) is 59.3 Å². The zero-order valence-electron chi connectivity index (χ0n) is 22.8. The molecule has 0 bridgehead atoms. The lowest BCUT2D eigenvalue weighted by Gasteiger charge is -2.37. The van der Waals surface area contributed by atoms with Crippen molar-refractivity contribution in [3.05, 3.63) is 82.7 Å². The molecule has 0 radical (unpaired) electrons. The van der Waals surface area contributed by atoms with E-state index in [0.29, 0.717) is 18.7 Å². The number of fused-ring (bicyclic) bond motifs is 1. The number of halogens is 1. The number of nitrogens with two attached hydrogens (primary N) is 1. The summed E-state index contributed by atoms with van der Waals surface area (Å²) in [7, 11) is 0. The normalized spacial score (nSPS) is 18.6. The Labute approximate surface area is 227 Å². The molecule has 202 valence electrons. The van der Waals surface area contributed by atoms with Gasteiger partial charge in [0.25, 0.3) is 0 Å². The van der Waals surface area contributed by atoms with Gasteiger partial charge >= 0.3 is 0 Å². The highest BCUT2D eigenvalue weighted by atomic mass is 19.1. The lowest BCUT2D eigenvalue weighted by atomic mass is 9.70. The summed E-state index contributed by atoms with van der Waals surface area (Å²) < 4.78 is 13.7. The van der Waals surface area contributed by atoms with E-state index in [1.807, 2.05) is 44.2 Å². The van der Waals surface area contributed by atoms with Crippen LogP contribution in [0.4, 0.5) is 10.2 Å². The molecule has 1 atom stereocenters. The molecule has 3 heterocycles. The smallest absolute Gasteiger partial charge is 0.217 e. The van der Waals surface area contributed by atoms with E-state index >= 15 is 0 Å². The van der Waals surface area contributed by atoms with E-state index in [4.69, 9.17) is 5.73 Å². The number of hydrogen-bond donors (Lipinski definition) is 3. The molecular weight excluding hydrogens is 493 g/mol. The molecule has 2 aliphatic rings. The Morgan fingerprint density at radius 1 is 1.21 bits per heavy atom. The molecule has 2 aromatic heterocycles. The summed E-state index contributed by atoms with van der Waals surface area (Å²) in [5.41, 5.74) is 10.7. The number of carbonyl (C=O) groups excluding carboxylic acids is 2. The maximum atomic E-state index is 13.7. The minimum absolute atomic E-state index is 0.118. The van der Waals surface area contributed by atoms with Crippen LogP contribution in [0.3, 0.4) is 0 Å². The van der Waals surface area contributed by atoms with Crippen LogP contribution in [0.2, 0.25) is 0 Å². The van der Waals surface area contributed by atoms with Crippen LogP contribution in [0.5, 0.6) is 0 Å². The van der Waals surface area contributed by atoms with Crippen molar-refractivity contribution in [3.8, 4) is 11.1 Å². The van der Waals surface area contributed by atoms with Gasteiger partial charge in [0.1, 0.15) is 5.82 Å². The Balaban J connectivity index is 1.51. The molecule has 4 N–H and O–H groups in total. The number of nitrogens with one attached hydrogen (secondary N) is 2. The molecule has 7 nitrogen and oxygen atoms in total. The van der Waals surface area contributed by atoms with Gasteiger partial charge in [-0.3, -0.25) is 19.7 Å². The van der Waals surface area contributed by atoms with E-state index in [1.165, 1.54) is 12.1 Å². The zero-order chi connectivity index (χ0) is 27.9. The van der Waals surface area contributed by atoms with E-state index in [0.717, 1.165) is 45.8 Å². The predicted molar refractivity (Wildman–Crippen MR) is 150 cm³/mol. The third kappa shape index (κ3) is 5.70. The van der Waals surface area contributed by atoms with Crippen molar-refractivity contribution in [2.24, 2.45) is 16.6 Å². The summed E-state index contributed by atoms with van der Waals surface area (Å²) in [4.78, 5) is 29.7. The molecule has 1 aliphatic carbocycles. The lowest BCUT2D eigenvalue weighted by molar-refractivity contribution is -0.120. The summed E-state index contributed by atoms with van der Waals surface area (Å²) in [6, 6.07) is 10.2. The molecule has 5 rings (SSSR count). The monoisotopic (exact) mass is 527 g/mol. The quantitative estimate of drug-likeness (QED) is 0.353. The Bertz CT molecular complexity index is 1500. The predicted octanol–water partition coefficient (Wildman–Crippen LogP) is 5.92. The number of allylic oxidation sites excluding steroid dienone is 3. The number of rotatable bonds is 7. The SMILES string of the molecule is CC1(C)CC(=O)C2=C(C1)Nc1n[nH]c(CC(C)(C)CC(N)=O)c1C2C=Cc1ccc(-c2cccc(F)c2)cn1. The average molecular weight is 528 g/mol. The van der Waals surface area contributed by atoms with Crippen LogP contribution in [0.15, 0.2) is 59.9 Å². The number of H-pyrrole nitrogens is 1. The number of aromatic amines is 1. The number of pyridine rings is 1. The number of amides is 1. The molecule has 0 saturated carbocycles. The van der Waals surface area contributed by atoms with Crippen LogP contribution in [-0.4, -0.2) is 26.9 Å². The van der Waals surface area contributed by atoms with Crippen LogP contribution in [0, 0.1) is 16.6 Å². The highest BCUT2D eigenvalue weighted by molar-refractivity contribution is 6.01. The summed E-state index contributed by atoms with van der Waals surface area (Å²) >= 11 is 0. The Hall–Kier alpha value is -4.07. The maximum absolute atomic E-state index is 13.7. The molecule has 1 amide bonds. The van der Waals surface area contributed by atoms with Gasteiger partial charge in [-0.15, -0.1) is 0 Å². The highest BCUT2D eigenvalue weighted by Crippen LogP contribution is 2.48. The number of primary amides is 1. The van der Waals surface area contributed by atoms with Crippen molar-refractivity contribution < 1.29 is 14.0 Å². The lowest BCUT2D eigenvalue weighted by Crippen LogP contribution is -2.33. The maximum Gasteiger partial charge on any atom is 0.217 e. The van der Waals surface area contributed by atoms with Gasteiger partial charge in [-0.05, 0) is 53.5 Å².